The van der Waals surface area contributed by atoms with Crippen LogP contribution >= 0.6 is 15.9 Å². The number of pyridine rings is 2. The van der Waals surface area contributed by atoms with Crippen molar-refractivity contribution in [2.75, 3.05) is 5.32 Å². The number of nitrogens with zero attached hydrogens (tertiary/aromatic N) is 7. The lowest BCUT2D eigenvalue weighted by Gasteiger charge is -2.26. The van der Waals surface area contributed by atoms with E-state index < -0.39 is 29.6 Å². The molecule has 0 radical (unpaired) electrons. The van der Waals surface area contributed by atoms with Gasteiger partial charge >= 0.3 is 0 Å². The van der Waals surface area contributed by atoms with Gasteiger partial charge in [-0.25, -0.2) is 19.3 Å². The summed E-state index contributed by atoms with van der Waals surface area (Å²) in [6, 6.07) is 1.90. The molecule has 0 spiro atoms. The maximum Gasteiger partial charge on any atom is 0.248 e. The monoisotopic (exact) mass is 634 g/mol. The van der Waals surface area contributed by atoms with Crippen molar-refractivity contribution in [2.45, 2.75) is 71.8 Å². The topological polar surface area (TPSA) is 136 Å². The zero-order chi connectivity index (χ0) is 30.1. The molecule has 11 nitrogen and oxygen atoms in total. The molecule has 0 unspecified atom stereocenters. The zero-order valence-electron chi connectivity index (χ0n) is 23.7. The molecule has 0 aromatic carbocycles. The van der Waals surface area contributed by atoms with Gasteiger partial charge in [0.2, 0.25) is 11.8 Å². The van der Waals surface area contributed by atoms with Gasteiger partial charge in [-0.05, 0) is 60.8 Å². The van der Waals surface area contributed by atoms with Crippen molar-refractivity contribution < 1.29 is 18.8 Å². The third-order valence-corrected chi connectivity index (χ3v) is 8.75. The zero-order valence-corrected chi connectivity index (χ0v) is 25.3. The molecule has 13 heteroatoms. The minimum atomic E-state index is -1.60. The number of nitrogens with one attached hydrogen (secondary N) is 1. The number of aryl methyl sites for hydroxylation is 4. The Kier molecular flexibility index (Phi) is 6.67. The van der Waals surface area contributed by atoms with Crippen LogP contribution in [0.2, 0.25) is 0 Å². The first-order chi connectivity index (χ1) is 19.9. The predicted octanol–water partition coefficient (Wildman–Crippen LogP) is 4.20. The molecular formula is C29H28BrFN8O3. The van der Waals surface area contributed by atoms with Crippen LogP contribution < -0.4 is 5.32 Å². The minimum Gasteiger partial charge on any atom is -0.323 e. The van der Waals surface area contributed by atoms with E-state index in [1.807, 2.05) is 19.9 Å². The number of piperidine rings is 1. The van der Waals surface area contributed by atoms with Gasteiger partial charge in [0, 0.05) is 43.1 Å². The summed E-state index contributed by atoms with van der Waals surface area (Å²) in [5.74, 6) is -0.289. The molecule has 4 aromatic rings. The Hall–Kier alpha value is -4.13. The van der Waals surface area contributed by atoms with Crippen LogP contribution in [-0.4, -0.2) is 70.0 Å². The van der Waals surface area contributed by atoms with Crippen LogP contribution in [0.25, 0.3) is 22.2 Å². The quantitative estimate of drug-likeness (QED) is 0.246. The third-order valence-electron chi connectivity index (χ3n) is 7.94. The fourth-order valence-electron chi connectivity index (χ4n) is 5.74. The van der Waals surface area contributed by atoms with Gasteiger partial charge in [-0.15, -0.1) is 0 Å². The van der Waals surface area contributed by atoms with E-state index in [0.29, 0.717) is 44.1 Å². The van der Waals surface area contributed by atoms with Crippen molar-refractivity contribution in [3.8, 4) is 11.3 Å². The number of hydrogen-bond acceptors (Lipinski definition) is 8. The molecule has 0 bridgehead atoms. The average Bonchev–Trinajstić information content (AvgIpc) is 3.28. The summed E-state index contributed by atoms with van der Waals surface area (Å²) >= 11 is 3.38. The Labute approximate surface area is 249 Å². The van der Waals surface area contributed by atoms with Crippen LogP contribution in [0.1, 0.15) is 52.9 Å². The number of aromatic nitrogens is 6. The van der Waals surface area contributed by atoms with E-state index in [4.69, 9.17) is 0 Å². The molecule has 216 valence electrons. The van der Waals surface area contributed by atoms with E-state index >= 15 is 4.39 Å². The van der Waals surface area contributed by atoms with E-state index in [2.05, 4.69) is 46.3 Å². The lowest BCUT2D eigenvalue weighted by molar-refractivity contribution is -0.138. The molecular weight excluding hydrogens is 607 g/mol. The summed E-state index contributed by atoms with van der Waals surface area (Å²) in [6.07, 6.45) is 3.39. The summed E-state index contributed by atoms with van der Waals surface area (Å²) in [7, 11) is 0. The van der Waals surface area contributed by atoms with Gasteiger partial charge in [-0.3, -0.25) is 24.0 Å². The van der Waals surface area contributed by atoms with Crippen molar-refractivity contribution >= 4 is 50.2 Å². The minimum absolute atomic E-state index is 0.0948. The van der Waals surface area contributed by atoms with Crippen molar-refractivity contribution in [1.29, 1.82) is 0 Å². The fraction of sp³-hybridized carbons (Fsp3) is 0.379. The molecule has 6 rings (SSSR count). The van der Waals surface area contributed by atoms with Crippen LogP contribution in [0.4, 0.5) is 10.2 Å². The van der Waals surface area contributed by atoms with Gasteiger partial charge in [0.25, 0.3) is 0 Å². The molecule has 4 aromatic heterocycles. The highest BCUT2D eigenvalue weighted by Crippen LogP contribution is 2.55. The molecule has 2 aliphatic rings. The number of likely N-dealkylation sites (tertiary alicyclic amines) is 1. The number of hydrogen-bond donors (Lipinski definition) is 1. The molecule has 1 saturated heterocycles. The SMILES string of the molecule is CC(=O)c1nn(CC(=O)N2[C@H](C(=O)Nc3nc(Br)c(C)cc3C)C[C@@]3(F)C[C@@H]23)c2c(C)nc(-c3cnc(C)nc3)cc12. The molecule has 42 heavy (non-hydrogen) atoms. The summed E-state index contributed by atoms with van der Waals surface area (Å²) in [5.41, 5.74) is 2.54. The van der Waals surface area contributed by atoms with Gasteiger partial charge in [0.15, 0.2) is 5.78 Å². The number of amides is 2. The van der Waals surface area contributed by atoms with Gasteiger partial charge < -0.3 is 10.2 Å². The number of anilines is 1. The van der Waals surface area contributed by atoms with Crippen LogP contribution in [0.15, 0.2) is 29.1 Å². The number of alkyl halides is 1. The molecule has 1 aliphatic carbocycles. The van der Waals surface area contributed by atoms with E-state index in [-0.39, 0.29) is 30.9 Å². The first-order valence-corrected chi connectivity index (χ1v) is 14.3. The molecule has 2 fully saturated rings. The van der Waals surface area contributed by atoms with Gasteiger partial charge in [-0.2, -0.15) is 5.10 Å². The lowest BCUT2D eigenvalue weighted by atomic mass is 10.1. The smallest absolute Gasteiger partial charge is 0.248 e. The van der Waals surface area contributed by atoms with Gasteiger partial charge in [-0.1, -0.05) is 6.07 Å². The van der Waals surface area contributed by atoms with Crippen LogP contribution in [0, 0.1) is 27.7 Å². The number of halogens is 2. The number of fused-ring (bicyclic) bond motifs is 2. The molecule has 3 atom stereocenters. The summed E-state index contributed by atoms with van der Waals surface area (Å²) in [5, 5.41) is 7.79. The highest BCUT2D eigenvalue weighted by Gasteiger charge is 2.68. The standard InChI is InChI=1S/C29H28BrFN8O3/c1-13-6-14(2)27(35-26(13)30)36-28(42)21-8-29(31)9-22(29)39(21)23(41)12-38-25-15(3)34-20(18-10-32-17(5)33-11-18)7-19(25)24(37-38)16(4)40/h6-7,10-11,21-22H,8-9,12H2,1-5H3,(H,35,36,42)/t21-,22+,29+/m0/s1. The Morgan fingerprint density at radius 1 is 1.07 bits per heavy atom. The average molecular weight is 635 g/mol. The maximum atomic E-state index is 15.4. The second-order valence-corrected chi connectivity index (χ2v) is 11.8. The third kappa shape index (κ3) is 4.75. The number of ketones is 1. The molecule has 1 aliphatic heterocycles. The molecule has 2 amide bonds. The first-order valence-electron chi connectivity index (χ1n) is 13.5. The van der Waals surface area contributed by atoms with Crippen molar-refractivity contribution in [2.24, 2.45) is 0 Å². The Morgan fingerprint density at radius 3 is 2.48 bits per heavy atom. The molecule has 1 N–H and O–H groups in total. The molecule has 1 saturated carbocycles. The first kappa shape index (κ1) is 28.0. The number of carbonyl (C=O) groups excluding carboxylic acids is 3. The highest BCUT2D eigenvalue weighted by atomic mass is 79.9. The van der Waals surface area contributed by atoms with Crippen molar-refractivity contribution in [3.63, 3.8) is 0 Å². The van der Waals surface area contributed by atoms with Gasteiger partial charge in [0.1, 0.15) is 40.2 Å². The number of Topliss-reactive ketones (excluding diaryl/α,β-unsaturated/α-hetero) is 1. The van der Waals surface area contributed by atoms with Crippen LogP contribution in [0.3, 0.4) is 0 Å². The summed E-state index contributed by atoms with van der Waals surface area (Å²) < 4.78 is 17.4. The number of carbonyl (C=O) groups is 3. The van der Waals surface area contributed by atoms with Crippen molar-refractivity contribution in [1.82, 2.24) is 34.6 Å². The van der Waals surface area contributed by atoms with Crippen LogP contribution in [0.5, 0.6) is 0 Å². The summed E-state index contributed by atoms with van der Waals surface area (Å²) in [4.78, 5) is 58.6. The lowest BCUT2D eigenvalue weighted by Crippen LogP contribution is -2.47. The van der Waals surface area contributed by atoms with E-state index in [9.17, 15) is 14.4 Å². The Bertz CT molecular complexity index is 1810. The largest absolute Gasteiger partial charge is 0.323 e. The molecule has 5 heterocycles. The Balaban J connectivity index is 1.31. The predicted molar refractivity (Wildman–Crippen MR) is 156 cm³/mol. The van der Waals surface area contributed by atoms with E-state index in [1.54, 1.807) is 32.3 Å². The van der Waals surface area contributed by atoms with E-state index in [1.165, 1.54) is 16.5 Å². The second-order valence-electron chi connectivity index (χ2n) is 11.1. The second kappa shape index (κ2) is 10.0. The Morgan fingerprint density at radius 2 is 1.79 bits per heavy atom. The fourth-order valence-corrected chi connectivity index (χ4v) is 6.03. The van der Waals surface area contributed by atoms with E-state index in [0.717, 1.165) is 11.1 Å². The maximum absolute atomic E-state index is 15.4. The van der Waals surface area contributed by atoms with Gasteiger partial charge in [0.05, 0.1) is 22.9 Å². The van der Waals surface area contributed by atoms with Crippen LogP contribution in [-0.2, 0) is 16.1 Å². The summed E-state index contributed by atoms with van der Waals surface area (Å²) in [6.45, 7) is 8.37. The normalized spacial score (nSPS) is 21.0. The number of rotatable bonds is 6. The highest BCUT2D eigenvalue weighted by molar-refractivity contribution is 9.10. The van der Waals surface area contributed by atoms with Crippen molar-refractivity contribution in [3.05, 3.63) is 57.5 Å².